The lowest BCUT2D eigenvalue weighted by Crippen LogP contribution is -2.07. The highest BCUT2D eigenvalue weighted by atomic mass is 32.2. The van der Waals surface area contributed by atoms with Gasteiger partial charge in [-0.1, -0.05) is 18.7 Å². The summed E-state index contributed by atoms with van der Waals surface area (Å²) >= 11 is 0.973. The average molecular weight is 172 g/mol. The van der Waals surface area contributed by atoms with Crippen molar-refractivity contribution in [2.75, 3.05) is 5.75 Å². The lowest BCUT2D eigenvalue weighted by atomic mass is 10.1. The maximum atomic E-state index is 11.0. The molecule has 0 atom stereocenters. The fraction of sp³-hybridized carbons (Fsp3) is 0.429. The number of rotatable bonds is 2. The van der Waals surface area contributed by atoms with Crippen molar-refractivity contribution in [2.24, 2.45) is 0 Å². The molecule has 60 valence electrons. The second-order valence-electron chi connectivity index (χ2n) is 2.17. The van der Waals surface area contributed by atoms with Crippen LogP contribution in [0.5, 0.6) is 0 Å². The van der Waals surface area contributed by atoms with Gasteiger partial charge in [0.25, 0.3) is 0 Å². The quantitative estimate of drug-likeness (QED) is 0.632. The van der Waals surface area contributed by atoms with Crippen LogP contribution in [0.2, 0.25) is 0 Å². The van der Waals surface area contributed by atoms with Crippen LogP contribution in [0.4, 0.5) is 0 Å². The summed E-state index contributed by atoms with van der Waals surface area (Å²) in [6.07, 6.45) is 0.270. The monoisotopic (exact) mass is 172 g/mol. The number of thioether (sulfide) groups is 1. The molecular weight excluding hydrogens is 164 g/mol. The first-order chi connectivity index (χ1) is 5.16. The second-order valence-corrected chi connectivity index (χ2v) is 3.12. The summed E-state index contributed by atoms with van der Waals surface area (Å²) in [6, 6.07) is 0. The van der Waals surface area contributed by atoms with E-state index in [4.69, 9.17) is 5.11 Å². The number of ketones is 1. The van der Waals surface area contributed by atoms with Crippen LogP contribution in [-0.4, -0.2) is 21.8 Å². The number of Topliss-reactive ketones (excluding diaryl/α,β-unsaturated/α-hetero) is 1. The van der Waals surface area contributed by atoms with Gasteiger partial charge >= 0.3 is 0 Å². The number of hydrogen-bond acceptors (Lipinski definition) is 4. The number of aliphatic hydroxyl groups excluding tert-OH is 1. The lowest BCUT2D eigenvalue weighted by molar-refractivity contribution is -0.118. The van der Waals surface area contributed by atoms with Gasteiger partial charge in [0.1, 0.15) is 11.3 Å². The second kappa shape index (κ2) is 3.09. The van der Waals surface area contributed by atoms with Gasteiger partial charge in [-0.25, -0.2) is 0 Å². The molecule has 0 aliphatic carbocycles. The van der Waals surface area contributed by atoms with Gasteiger partial charge in [-0.2, -0.15) is 0 Å². The van der Waals surface area contributed by atoms with E-state index in [1.807, 2.05) is 0 Å². The van der Waals surface area contributed by atoms with E-state index in [0.717, 1.165) is 11.8 Å². The van der Waals surface area contributed by atoms with E-state index in [1.165, 1.54) is 0 Å². The van der Waals surface area contributed by atoms with Crippen LogP contribution < -0.4 is 0 Å². The van der Waals surface area contributed by atoms with E-state index in [-0.39, 0.29) is 34.4 Å². The van der Waals surface area contributed by atoms with Gasteiger partial charge in [0.05, 0.1) is 5.75 Å². The largest absolute Gasteiger partial charge is 0.510 e. The molecule has 1 rings (SSSR count). The van der Waals surface area contributed by atoms with Crippen molar-refractivity contribution in [2.45, 2.75) is 13.3 Å². The normalized spacial score (nSPS) is 17.7. The predicted molar refractivity (Wildman–Crippen MR) is 42.4 cm³/mol. The highest BCUT2D eigenvalue weighted by Crippen LogP contribution is 2.25. The van der Waals surface area contributed by atoms with Crippen LogP contribution in [0.25, 0.3) is 0 Å². The van der Waals surface area contributed by atoms with Gasteiger partial charge in [0.2, 0.25) is 5.12 Å². The molecule has 0 unspecified atom stereocenters. The molecule has 0 spiro atoms. The third-order valence-corrected chi connectivity index (χ3v) is 2.32. The molecule has 4 heteroatoms. The average Bonchev–Trinajstić information content (AvgIpc) is 2.30. The fourth-order valence-corrected chi connectivity index (χ4v) is 1.64. The van der Waals surface area contributed by atoms with Crippen molar-refractivity contribution in [1.29, 1.82) is 0 Å². The van der Waals surface area contributed by atoms with Gasteiger partial charge in [-0.15, -0.1) is 0 Å². The molecule has 0 amide bonds. The van der Waals surface area contributed by atoms with Crippen LogP contribution >= 0.6 is 11.8 Å². The van der Waals surface area contributed by atoms with Crippen molar-refractivity contribution in [3.8, 4) is 0 Å². The first kappa shape index (κ1) is 8.33. The number of carbonyl (C=O) groups is 2. The minimum atomic E-state index is -0.297. The van der Waals surface area contributed by atoms with Crippen LogP contribution in [0, 0.1) is 0 Å². The van der Waals surface area contributed by atoms with Crippen LogP contribution in [0.15, 0.2) is 11.3 Å². The van der Waals surface area contributed by atoms with Crippen molar-refractivity contribution < 1.29 is 14.7 Å². The third kappa shape index (κ3) is 1.45. The minimum Gasteiger partial charge on any atom is -0.510 e. The number of hydrogen-bond donors (Lipinski definition) is 1. The Labute approximate surface area is 68.5 Å². The minimum absolute atomic E-state index is 0.00231. The van der Waals surface area contributed by atoms with E-state index in [2.05, 4.69) is 0 Å². The van der Waals surface area contributed by atoms with Crippen LogP contribution in [0.3, 0.4) is 0 Å². The van der Waals surface area contributed by atoms with E-state index in [9.17, 15) is 9.59 Å². The fourth-order valence-electron chi connectivity index (χ4n) is 0.848. The van der Waals surface area contributed by atoms with E-state index >= 15 is 0 Å². The molecule has 1 aliphatic heterocycles. The Morgan fingerprint density at radius 2 is 2.36 bits per heavy atom. The van der Waals surface area contributed by atoms with E-state index in [1.54, 1.807) is 6.92 Å². The maximum absolute atomic E-state index is 11.0. The molecule has 3 nitrogen and oxygen atoms in total. The zero-order valence-electron chi connectivity index (χ0n) is 6.09. The zero-order valence-corrected chi connectivity index (χ0v) is 6.90. The van der Waals surface area contributed by atoms with Gasteiger partial charge < -0.3 is 5.11 Å². The maximum Gasteiger partial charge on any atom is 0.226 e. The number of aliphatic hydroxyl groups is 1. The predicted octanol–water partition coefficient (Wildman–Crippen LogP) is 1.05. The van der Waals surface area contributed by atoms with Crippen molar-refractivity contribution >= 4 is 22.7 Å². The zero-order chi connectivity index (χ0) is 8.43. The summed E-state index contributed by atoms with van der Waals surface area (Å²) in [7, 11) is 0. The first-order valence-electron chi connectivity index (χ1n) is 3.29. The Bertz CT molecular complexity index is 242. The molecule has 0 fully saturated rings. The van der Waals surface area contributed by atoms with Gasteiger partial charge in [0.15, 0.2) is 5.78 Å². The summed E-state index contributed by atoms with van der Waals surface area (Å²) in [5, 5.41) is 8.78. The smallest absolute Gasteiger partial charge is 0.226 e. The summed E-state index contributed by atoms with van der Waals surface area (Å²) < 4.78 is 0. The van der Waals surface area contributed by atoms with Crippen molar-refractivity contribution in [1.82, 2.24) is 0 Å². The van der Waals surface area contributed by atoms with Gasteiger partial charge in [-0.3, -0.25) is 9.59 Å². The van der Waals surface area contributed by atoms with Gasteiger partial charge in [0, 0.05) is 6.42 Å². The molecule has 0 aromatic rings. The van der Waals surface area contributed by atoms with Crippen molar-refractivity contribution in [3.63, 3.8) is 0 Å². The molecule has 0 radical (unpaired) electrons. The molecule has 0 aromatic carbocycles. The summed E-state index contributed by atoms with van der Waals surface area (Å²) in [4.78, 5) is 21.9. The Hall–Kier alpha value is -0.770. The van der Waals surface area contributed by atoms with Crippen LogP contribution in [0.1, 0.15) is 13.3 Å². The summed E-state index contributed by atoms with van der Waals surface area (Å²) in [5.41, 5.74) is -0.00231. The van der Waals surface area contributed by atoms with Gasteiger partial charge in [-0.05, 0) is 0 Å². The third-order valence-electron chi connectivity index (χ3n) is 1.43. The molecule has 1 heterocycles. The Kier molecular flexibility index (Phi) is 2.34. The Morgan fingerprint density at radius 1 is 1.73 bits per heavy atom. The highest BCUT2D eigenvalue weighted by molar-refractivity contribution is 8.14. The van der Waals surface area contributed by atoms with Crippen molar-refractivity contribution in [3.05, 3.63) is 11.3 Å². The van der Waals surface area contributed by atoms with E-state index < -0.39 is 0 Å². The molecule has 11 heavy (non-hydrogen) atoms. The lowest BCUT2D eigenvalue weighted by Gasteiger charge is -1.94. The molecule has 0 saturated carbocycles. The summed E-state index contributed by atoms with van der Waals surface area (Å²) in [6.45, 7) is 1.67. The molecule has 1 N–H and O–H groups in total. The Balaban J connectivity index is 2.92. The van der Waals surface area contributed by atoms with Crippen LogP contribution in [-0.2, 0) is 9.59 Å². The molecule has 0 saturated heterocycles. The molecule has 1 aliphatic rings. The molecule has 0 bridgehead atoms. The SMILES string of the molecule is CCC(=O)C1=C(O)CSC1=O. The standard InChI is InChI=1S/C7H8O3S/c1-2-4(8)6-5(9)3-11-7(6)10/h9H,2-3H2,1H3. The first-order valence-corrected chi connectivity index (χ1v) is 4.27. The Morgan fingerprint density at radius 3 is 2.73 bits per heavy atom. The highest BCUT2D eigenvalue weighted by Gasteiger charge is 2.27. The van der Waals surface area contributed by atoms with E-state index in [0.29, 0.717) is 0 Å². The number of carbonyl (C=O) groups excluding carboxylic acids is 2. The molecular formula is C7H8O3S. The molecule has 0 aromatic heterocycles. The summed E-state index contributed by atoms with van der Waals surface area (Å²) in [5.74, 6) is -0.0794. The topological polar surface area (TPSA) is 54.4 Å².